The highest BCUT2D eigenvalue weighted by molar-refractivity contribution is 5.82. The molecule has 1 aromatic carbocycles. The van der Waals surface area contributed by atoms with Gasteiger partial charge >= 0.3 is 6.18 Å². The number of hydrogen-bond acceptors (Lipinski definition) is 3. The zero-order valence-electron chi connectivity index (χ0n) is 10.3. The quantitative estimate of drug-likeness (QED) is 0.900. The Labute approximate surface area is 108 Å². The van der Waals surface area contributed by atoms with Gasteiger partial charge < -0.3 is 14.8 Å². The van der Waals surface area contributed by atoms with Gasteiger partial charge in [-0.2, -0.15) is 13.2 Å². The number of aryl methyl sites for hydroxylation is 1. The second-order valence-corrected chi connectivity index (χ2v) is 4.32. The molecule has 0 aliphatic rings. The molecule has 1 unspecified atom stereocenters. The molecule has 0 aliphatic heterocycles. The Morgan fingerprint density at radius 2 is 2.00 bits per heavy atom. The minimum atomic E-state index is -4.60. The zero-order valence-corrected chi connectivity index (χ0v) is 10.3. The van der Waals surface area contributed by atoms with Crippen LogP contribution in [-0.4, -0.2) is 23.9 Å². The predicted octanol–water partition coefficient (Wildman–Crippen LogP) is 2.75. The van der Waals surface area contributed by atoms with Gasteiger partial charge in [0.1, 0.15) is 11.3 Å². The molecule has 1 aromatic heterocycles. The van der Waals surface area contributed by atoms with Gasteiger partial charge in [0.05, 0.1) is 0 Å². The maximum atomic E-state index is 12.1. The van der Waals surface area contributed by atoms with E-state index in [2.05, 4.69) is 5.32 Å². The minimum Gasteiger partial charge on any atom is -0.461 e. The molecule has 0 spiro atoms. The fourth-order valence-corrected chi connectivity index (χ4v) is 1.89. The van der Waals surface area contributed by atoms with E-state index in [1.54, 1.807) is 13.0 Å². The second-order valence-electron chi connectivity index (χ2n) is 4.32. The van der Waals surface area contributed by atoms with Gasteiger partial charge in [0, 0.05) is 24.0 Å². The highest BCUT2D eigenvalue weighted by atomic mass is 19.4. The molecule has 1 atom stereocenters. The van der Waals surface area contributed by atoms with Crippen LogP contribution in [0.2, 0.25) is 0 Å². The van der Waals surface area contributed by atoms with E-state index >= 15 is 0 Å². The molecule has 2 N–H and O–H groups in total. The molecule has 6 heteroatoms. The molecule has 2 aromatic rings. The number of aliphatic hydroxyl groups is 1. The van der Waals surface area contributed by atoms with Crippen LogP contribution in [0.1, 0.15) is 11.3 Å². The summed E-state index contributed by atoms with van der Waals surface area (Å²) in [7, 11) is 0. The molecule has 0 fully saturated rings. The summed E-state index contributed by atoms with van der Waals surface area (Å²) in [4.78, 5) is 0. The largest absolute Gasteiger partial charge is 0.461 e. The fraction of sp³-hybridized carbons (Fsp3) is 0.385. The number of rotatable bonds is 4. The van der Waals surface area contributed by atoms with Crippen molar-refractivity contribution in [2.24, 2.45) is 0 Å². The fourth-order valence-electron chi connectivity index (χ4n) is 1.89. The molecule has 2 rings (SSSR count). The van der Waals surface area contributed by atoms with E-state index in [0.717, 1.165) is 10.9 Å². The Morgan fingerprint density at radius 1 is 1.32 bits per heavy atom. The summed E-state index contributed by atoms with van der Waals surface area (Å²) in [5, 5.41) is 12.4. The van der Waals surface area contributed by atoms with E-state index in [1.165, 1.54) is 0 Å². The van der Waals surface area contributed by atoms with Crippen molar-refractivity contribution in [1.29, 1.82) is 0 Å². The maximum absolute atomic E-state index is 12.1. The van der Waals surface area contributed by atoms with Gasteiger partial charge in [-0.05, 0) is 13.0 Å². The molecule has 0 aliphatic carbocycles. The SMILES string of the molecule is Cc1oc2ccccc2c1CNCC(O)C(F)(F)F. The van der Waals surface area contributed by atoms with Gasteiger partial charge in [0.15, 0.2) is 6.10 Å². The smallest absolute Gasteiger partial charge is 0.415 e. The van der Waals surface area contributed by atoms with Crippen LogP contribution in [0.4, 0.5) is 13.2 Å². The maximum Gasteiger partial charge on any atom is 0.415 e. The van der Waals surface area contributed by atoms with Gasteiger partial charge in [-0.3, -0.25) is 0 Å². The number of furan rings is 1. The van der Waals surface area contributed by atoms with E-state index in [0.29, 0.717) is 11.3 Å². The van der Waals surface area contributed by atoms with Crippen LogP contribution in [-0.2, 0) is 6.54 Å². The molecule has 0 saturated heterocycles. The summed E-state index contributed by atoms with van der Waals surface area (Å²) in [5.41, 5.74) is 1.51. The number of benzene rings is 1. The lowest BCUT2D eigenvalue weighted by atomic mass is 10.1. The molecule has 1 heterocycles. The Hall–Kier alpha value is -1.53. The number of fused-ring (bicyclic) bond motifs is 1. The minimum absolute atomic E-state index is 0.218. The van der Waals surface area contributed by atoms with E-state index < -0.39 is 18.8 Å². The monoisotopic (exact) mass is 273 g/mol. The highest BCUT2D eigenvalue weighted by Crippen LogP contribution is 2.25. The van der Waals surface area contributed by atoms with E-state index in [1.807, 2.05) is 18.2 Å². The van der Waals surface area contributed by atoms with Crippen LogP contribution >= 0.6 is 0 Å². The molecule has 0 saturated carbocycles. The molecule has 104 valence electrons. The van der Waals surface area contributed by atoms with Crippen molar-refractivity contribution >= 4 is 11.0 Å². The van der Waals surface area contributed by atoms with Crippen molar-refractivity contribution in [2.75, 3.05) is 6.54 Å². The van der Waals surface area contributed by atoms with E-state index in [-0.39, 0.29) is 6.54 Å². The lowest BCUT2D eigenvalue weighted by Crippen LogP contribution is -2.38. The summed E-state index contributed by atoms with van der Waals surface area (Å²) in [5.74, 6) is 0.662. The van der Waals surface area contributed by atoms with Gasteiger partial charge in [0.2, 0.25) is 0 Å². The third kappa shape index (κ3) is 3.08. The average molecular weight is 273 g/mol. The molecule has 0 radical (unpaired) electrons. The van der Waals surface area contributed by atoms with Crippen molar-refractivity contribution in [3.8, 4) is 0 Å². The Bertz CT molecular complexity index is 563. The molecule has 0 bridgehead atoms. The van der Waals surface area contributed by atoms with Gasteiger partial charge in [-0.1, -0.05) is 18.2 Å². The molecule has 3 nitrogen and oxygen atoms in total. The average Bonchev–Trinajstić information content (AvgIpc) is 2.64. The number of para-hydroxylation sites is 1. The number of alkyl halides is 3. The summed E-state index contributed by atoms with van der Waals surface area (Å²) in [6.45, 7) is 1.44. The standard InChI is InChI=1S/C13H14F3NO2/c1-8-10(6-17-7-12(18)13(14,15)16)9-4-2-3-5-11(9)19-8/h2-5,12,17-18H,6-7H2,1H3. The van der Waals surface area contributed by atoms with Gasteiger partial charge in [-0.15, -0.1) is 0 Å². The van der Waals surface area contributed by atoms with Crippen LogP contribution in [0.25, 0.3) is 11.0 Å². The normalized spacial score (nSPS) is 13.9. The molecular weight excluding hydrogens is 259 g/mol. The topological polar surface area (TPSA) is 45.4 Å². The summed E-state index contributed by atoms with van der Waals surface area (Å²) >= 11 is 0. The summed E-state index contributed by atoms with van der Waals surface area (Å²) < 4.78 is 41.9. The number of aliphatic hydroxyl groups excluding tert-OH is 1. The first-order valence-corrected chi connectivity index (χ1v) is 5.82. The molecule has 0 amide bonds. The second kappa shape index (κ2) is 5.22. The van der Waals surface area contributed by atoms with Crippen molar-refractivity contribution in [3.05, 3.63) is 35.6 Å². The van der Waals surface area contributed by atoms with Crippen LogP contribution in [0.5, 0.6) is 0 Å². The Balaban J connectivity index is 2.04. The van der Waals surface area contributed by atoms with Crippen molar-refractivity contribution in [1.82, 2.24) is 5.32 Å². The van der Waals surface area contributed by atoms with Gasteiger partial charge in [-0.25, -0.2) is 0 Å². The first kappa shape index (κ1) is 13.9. The first-order chi connectivity index (χ1) is 8.89. The Kier molecular flexibility index (Phi) is 3.82. The number of nitrogens with one attached hydrogen (secondary N) is 1. The first-order valence-electron chi connectivity index (χ1n) is 5.82. The van der Waals surface area contributed by atoms with E-state index in [4.69, 9.17) is 9.52 Å². The number of halogens is 3. The summed E-state index contributed by atoms with van der Waals surface area (Å²) in [6.07, 6.45) is -6.95. The highest BCUT2D eigenvalue weighted by Gasteiger charge is 2.37. The van der Waals surface area contributed by atoms with Crippen LogP contribution < -0.4 is 5.32 Å². The zero-order chi connectivity index (χ0) is 14.0. The van der Waals surface area contributed by atoms with Crippen LogP contribution in [0.15, 0.2) is 28.7 Å². The third-order valence-corrected chi connectivity index (χ3v) is 2.92. The lowest BCUT2D eigenvalue weighted by molar-refractivity contribution is -0.201. The van der Waals surface area contributed by atoms with Gasteiger partial charge in [0.25, 0.3) is 0 Å². The van der Waals surface area contributed by atoms with Crippen LogP contribution in [0.3, 0.4) is 0 Å². The Morgan fingerprint density at radius 3 is 2.68 bits per heavy atom. The predicted molar refractivity (Wildman–Crippen MR) is 64.7 cm³/mol. The van der Waals surface area contributed by atoms with Crippen molar-refractivity contribution in [3.63, 3.8) is 0 Å². The molecular formula is C13H14F3NO2. The third-order valence-electron chi connectivity index (χ3n) is 2.92. The number of hydrogen-bond donors (Lipinski definition) is 2. The molecule has 19 heavy (non-hydrogen) atoms. The summed E-state index contributed by atoms with van der Waals surface area (Å²) in [6, 6.07) is 7.32. The van der Waals surface area contributed by atoms with E-state index in [9.17, 15) is 13.2 Å². The van der Waals surface area contributed by atoms with Crippen molar-refractivity contribution < 1.29 is 22.7 Å². The van der Waals surface area contributed by atoms with Crippen molar-refractivity contribution in [2.45, 2.75) is 25.7 Å². The lowest BCUT2D eigenvalue weighted by Gasteiger charge is -2.14. The van der Waals surface area contributed by atoms with Crippen LogP contribution in [0, 0.1) is 6.92 Å².